The molecule has 1 amide bonds. The van der Waals surface area contributed by atoms with Gasteiger partial charge >= 0.3 is 0 Å². The third-order valence-corrected chi connectivity index (χ3v) is 7.62. The Balaban J connectivity index is 1.96. The molecule has 1 aliphatic rings. The Hall–Kier alpha value is -2.93. The molecule has 0 spiro atoms. The third kappa shape index (κ3) is 7.10. The van der Waals surface area contributed by atoms with Crippen LogP contribution in [0, 0.1) is 12.3 Å². The molecule has 37 heavy (non-hydrogen) atoms. The number of amides is 1. The Labute approximate surface area is 231 Å². The van der Waals surface area contributed by atoms with Gasteiger partial charge < -0.3 is 14.8 Å². The Morgan fingerprint density at radius 3 is 2.51 bits per heavy atom. The second-order valence-electron chi connectivity index (χ2n) is 9.63. The number of sulfonamides is 1. The van der Waals surface area contributed by atoms with Crippen molar-refractivity contribution in [3.8, 4) is 11.6 Å². The number of halogens is 1. The van der Waals surface area contributed by atoms with Crippen LogP contribution in [0.3, 0.4) is 0 Å². The minimum Gasteiger partial charge on any atom is -0.497 e. The highest BCUT2D eigenvalue weighted by molar-refractivity contribution is 14.1. The number of nitrogens with zero attached hydrogens (tertiary/aromatic N) is 2. The van der Waals surface area contributed by atoms with Crippen molar-refractivity contribution in [3.63, 3.8) is 0 Å². The molecular formula is C26H31IN4O5S. The van der Waals surface area contributed by atoms with Gasteiger partial charge in [0.15, 0.2) is 0 Å². The fraction of sp³-hybridized carbons (Fsp3) is 0.346. The number of alkyl halides is 1. The van der Waals surface area contributed by atoms with Gasteiger partial charge in [-0.15, -0.1) is 0 Å². The summed E-state index contributed by atoms with van der Waals surface area (Å²) in [6.45, 7) is 11.7. The molecule has 0 saturated carbocycles. The number of ether oxygens (including phenoxy) is 2. The van der Waals surface area contributed by atoms with E-state index in [0.29, 0.717) is 34.3 Å². The first-order valence-electron chi connectivity index (χ1n) is 11.4. The monoisotopic (exact) mass is 638 g/mol. The summed E-state index contributed by atoms with van der Waals surface area (Å²) in [6, 6.07) is 6.15. The summed E-state index contributed by atoms with van der Waals surface area (Å²) in [5.41, 5.74) is 2.76. The maximum Gasteiger partial charge on any atom is 0.252 e. The predicted molar refractivity (Wildman–Crippen MR) is 152 cm³/mol. The molecule has 2 aromatic rings. The van der Waals surface area contributed by atoms with Crippen LogP contribution in [-0.2, 0) is 14.8 Å². The van der Waals surface area contributed by atoms with E-state index in [1.807, 2.05) is 27.7 Å². The molecular weight excluding hydrogens is 607 g/mol. The molecule has 0 fully saturated rings. The third-order valence-electron chi connectivity index (χ3n) is 5.64. The van der Waals surface area contributed by atoms with Gasteiger partial charge in [-0.2, -0.15) is 0 Å². The van der Waals surface area contributed by atoms with Gasteiger partial charge in [-0.3, -0.25) is 9.52 Å². The molecule has 1 aromatic heterocycles. The average Bonchev–Trinajstić information content (AvgIpc) is 2.81. The van der Waals surface area contributed by atoms with Crippen molar-refractivity contribution in [1.29, 1.82) is 0 Å². The summed E-state index contributed by atoms with van der Waals surface area (Å²) in [4.78, 5) is 21.6. The van der Waals surface area contributed by atoms with Crippen LogP contribution in [0.2, 0.25) is 0 Å². The number of carbonyl (C=O) groups excluding carboxylic acids is 1. The summed E-state index contributed by atoms with van der Waals surface area (Å²) in [7, 11) is -2.13. The molecule has 0 saturated heterocycles. The Bertz CT molecular complexity index is 1380. The molecule has 0 aliphatic heterocycles. The van der Waals surface area contributed by atoms with Gasteiger partial charge in [0.1, 0.15) is 23.9 Å². The van der Waals surface area contributed by atoms with E-state index in [9.17, 15) is 13.2 Å². The lowest BCUT2D eigenvalue weighted by molar-refractivity contribution is 0.0928. The number of hydrogen-bond donors (Lipinski definition) is 2. The number of aromatic nitrogens is 2. The lowest BCUT2D eigenvalue weighted by Crippen LogP contribution is -2.48. The zero-order valence-corrected chi connectivity index (χ0v) is 24.6. The normalized spacial score (nSPS) is 18.1. The molecule has 1 aliphatic carbocycles. The van der Waals surface area contributed by atoms with Crippen LogP contribution in [0.4, 0.5) is 0 Å². The van der Waals surface area contributed by atoms with Crippen molar-refractivity contribution in [2.24, 2.45) is 5.41 Å². The Morgan fingerprint density at radius 2 is 1.92 bits per heavy atom. The van der Waals surface area contributed by atoms with Crippen LogP contribution in [-0.4, -0.2) is 47.6 Å². The first-order valence-corrected chi connectivity index (χ1v) is 14.5. The lowest BCUT2D eigenvalue weighted by Gasteiger charge is -2.37. The van der Waals surface area contributed by atoms with E-state index < -0.39 is 16.1 Å². The number of methoxy groups -OCH3 is 1. The van der Waals surface area contributed by atoms with E-state index in [4.69, 9.17) is 9.47 Å². The Kier molecular flexibility index (Phi) is 8.68. The number of carbonyl (C=O) groups is 1. The standard InChI is InChI=1S/C26H31IN4O5S/c1-8-17-12-21(29-14-28-17)36-20-11-16(10-9-15(20)2)25(32)30-23-22(27)18(26(3,4)5)13-19(24(23)35-6)31-37(7,33)34/h8-14,22-23,31H,1H2,2-7H3,(H,30,32)/t22-,23?/m0/s1. The molecule has 0 bridgehead atoms. The second-order valence-corrected chi connectivity index (χ2v) is 12.7. The van der Waals surface area contributed by atoms with Gasteiger partial charge in [0.05, 0.1) is 28.7 Å². The van der Waals surface area contributed by atoms with E-state index >= 15 is 0 Å². The molecule has 3 rings (SSSR count). The van der Waals surface area contributed by atoms with Gasteiger partial charge in [-0.25, -0.2) is 18.4 Å². The van der Waals surface area contributed by atoms with Gasteiger partial charge in [0.25, 0.3) is 5.91 Å². The number of rotatable bonds is 8. The molecule has 11 heteroatoms. The lowest BCUT2D eigenvalue weighted by atomic mass is 9.79. The number of hydrogen-bond acceptors (Lipinski definition) is 7. The number of nitrogens with one attached hydrogen (secondary N) is 2. The van der Waals surface area contributed by atoms with Crippen LogP contribution in [0.5, 0.6) is 11.6 Å². The Morgan fingerprint density at radius 1 is 1.22 bits per heavy atom. The van der Waals surface area contributed by atoms with Crippen molar-refractivity contribution < 1.29 is 22.7 Å². The minimum atomic E-state index is -3.58. The summed E-state index contributed by atoms with van der Waals surface area (Å²) < 4.78 is 38.0. The van der Waals surface area contributed by atoms with Crippen molar-refractivity contribution in [2.75, 3.05) is 13.4 Å². The maximum atomic E-state index is 13.4. The molecule has 2 N–H and O–H groups in total. The quantitative estimate of drug-likeness (QED) is 0.323. The highest BCUT2D eigenvalue weighted by atomic mass is 127. The largest absolute Gasteiger partial charge is 0.497 e. The number of allylic oxidation sites excluding steroid dienone is 1. The molecule has 9 nitrogen and oxygen atoms in total. The van der Waals surface area contributed by atoms with E-state index in [0.717, 1.165) is 17.4 Å². The maximum absolute atomic E-state index is 13.4. The van der Waals surface area contributed by atoms with Crippen LogP contribution >= 0.6 is 22.6 Å². The van der Waals surface area contributed by atoms with Gasteiger partial charge in [0.2, 0.25) is 15.9 Å². The number of benzene rings is 1. The molecule has 1 unspecified atom stereocenters. The smallest absolute Gasteiger partial charge is 0.252 e. The summed E-state index contributed by atoms with van der Waals surface area (Å²) in [5.74, 6) is 0.751. The molecule has 2 atom stereocenters. The van der Waals surface area contributed by atoms with Crippen molar-refractivity contribution in [1.82, 2.24) is 20.0 Å². The zero-order valence-electron chi connectivity index (χ0n) is 21.6. The van der Waals surface area contributed by atoms with Crippen molar-refractivity contribution in [3.05, 3.63) is 77.1 Å². The van der Waals surface area contributed by atoms with Crippen molar-refractivity contribution in [2.45, 2.75) is 37.7 Å². The molecule has 0 radical (unpaired) electrons. The van der Waals surface area contributed by atoms with Gasteiger partial charge in [0, 0.05) is 11.6 Å². The van der Waals surface area contributed by atoms with Gasteiger partial charge in [-0.05, 0) is 47.8 Å². The van der Waals surface area contributed by atoms with Crippen LogP contribution in [0.15, 0.2) is 60.3 Å². The SMILES string of the molecule is C=Cc1cc(Oc2cc(C(=O)NC3C(OC)=C(NS(C)(=O)=O)C=C(C(C)(C)C)[C@@H]3I)ccc2C)ncn1. The van der Waals surface area contributed by atoms with Crippen LogP contribution in [0.25, 0.3) is 6.08 Å². The minimum absolute atomic E-state index is 0.193. The fourth-order valence-electron chi connectivity index (χ4n) is 3.78. The summed E-state index contributed by atoms with van der Waals surface area (Å²) in [6.07, 6.45) is 5.83. The summed E-state index contributed by atoms with van der Waals surface area (Å²) >= 11 is 2.26. The van der Waals surface area contributed by atoms with E-state index in [2.05, 4.69) is 49.2 Å². The fourth-order valence-corrected chi connectivity index (χ4v) is 5.96. The molecule has 198 valence electrons. The molecule has 1 heterocycles. The highest BCUT2D eigenvalue weighted by Gasteiger charge is 2.39. The van der Waals surface area contributed by atoms with E-state index in [-0.39, 0.29) is 15.2 Å². The first-order chi connectivity index (χ1) is 17.2. The van der Waals surface area contributed by atoms with Gasteiger partial charge in [-0.1, -0.05) is 56.0 Å². The molecule has 1 aromatic carbocycles. The second kappa shape index (κ2) is 11.2. The topological polar surface area (TPSA) is 120 Å². The van der Waals surface area contributed by atoms with E-state index in [1.165, 1.54) is 13.4 Å². The predicted octanol–water partition coefficient (Wildman–Crippen LogP) is 4.52. The number of aryl methyl sites for hydroxylation is 1. The highest BCUT2D eigenvalue weighted by Crippen LogP contribution is 2.40. The van der Waals surface area contributed by atoms with Crippen LogP contribution < -0.4 is 14.8 Å². The zero-order chi connectivity index (χ0) is 27.5. The van der Waals surface area contributed by atoms with E-state index in [1.54, 1.807) is 36.4 Å². The summed E-state index contributed by atoms with van der Waals surface area (Å²) in [5, 5.41) is 3.03. The van der Waals surface area contributed by atoms with Crippen LogP contribution in [0.1, 0.15) is 42.4 Å². The van der Waals surface area contributed by atoms with Crippen molar-refractivity contribution >= 4 is 44.6 Å². The average molecular weight is 639 g/mol. The first kappa shape index (κ1) is 28.6.